The number of rotatable bonds is 4. The van der Waals surface area contributed by atoms with Gasteiger partial charge in [-0.3, -0.25) is 9.36 Å². The van der Waals surface area contributed by atoms with Crippen molar-refractivity contribution in [1.29, 1.82) is 0 Å². The molecule has 0 spiro atoms. The van der Waals surface area contributed by atoms with Gasteiger partial charge in [-0.15, -0.1) is 0 Å². The summed E-state index contributed by atoms with van der Waals surface area (Å²) in [6, 6.07) is 7.70. The lowest BCUT2D eigenvalue weighted by Gasteiger charge is -2.34. The molecular weight excluding hydrogens is 439 g/mol. The second-order valence-corrected chi connectivity index (χ2v) is 8.91. The van der Waals surface area contributed by atoms with Crippen LogP contribution in [0, 0.1) is 12.7 Å². The van der Waals surface area contributed by atoms with E-state index in [9.17, 15) is 14.0 Å². The van der Waals surface area contributed by atoms with Crippen molar-refractivity contribution >= 4 is 34.4 Å². The van der Waals surface area contributed by atoms with Gasteiger partial charge in [-0.2, -0.15) is 4.98 Å². The molecule has 1 saturated heterocycles. The molecule has 2 aromatic heterocycles. The van der Waals surface area contributed by atoms with Crippen LogP contribution in [-0.4, -0.2) is 56.8 Å². The Balaban J connectivity index is 1.39. The fraction of sp³-hybridized carbons (Fsp3) is 0.417. The second-order valence-electron chi connectivity index (χ2n) is 8.91. The van der Waals surface area contributed by atoms with Gasteiger partial charge in [0.05, 0.1) is 0 Å². The first-order valence-corrected chi connectivity index (χ1v) is 11.6. The summed E-state index contributed by atoms with van der Waals surface area (Å²) in [5.41, 5.74) is 1.90. The minimum absolute atomic E-state index is 0.0475. The summed E-state index contributed by atoms with van der Waals surface area (Å²) >= 11 is 0. The van der Waals surface area contributed by atoms with E-state index in [0.717, 1.165) is 37.1 Å². The highest BCUT2D eigenvalue weighted by Crippen LogP contribution is 2.31. The Morgan fingerprint density at radius 3 is 2.44 bits per heavy atom. The molecule has 178 valence electrons. The van der Waals surface area contributed by atoms with Crippen LogP contribution in [0.25, 0.3) is 11.0 Å². The molecule has 1 aromatic carbocycles. The quantitative estimate of drug-likeness (QED) is 0.601. The number of aryl methyl sites for hydroxylation is 1. The minimum atomic E-state index is -0.883. The van der Waals surface area contributed by atoms with Crippen molar-refractivity contribution in [2.45, 2.75) is 38.6 Å². The van der Waals surface area contributed by atoms with Gasteiger partial charge in [-0.05, 0) is 44.0 Å². The van der Waals surface area contributed by atoms with E-state index in [1.165, 1.54) is 9.47 Å². The first-order valence-electron chi connectivity index (χ1n) is 11.6. The number of amides is 1. The van der Waals surface area contributed by atoms with Crippen LogP contribution >= 0.6 is 0 Å². The predicted octanol–water partition coefficient (Wildman–Crippen LogP) is 3.90. The molecule has 1 aliphatic carbocycles. The highest BCUT2D eigenvalue weighted by atomic mass is 19.1. The van der Waals surface area contributed by atoms with E-state index in [2.05, 4.69) is 20.2 Å². The number of fused-ring (bicyclic) bond motifs is 1. The Hall–Kier alpha value is -3.69. The minimum Gasteiger partial charge on any atom is -0.465 e. The molecule has 1 aliphatic heterocycles. The lowest BCUT2D eigenvalue weighted by molar-refractivity contribution is 0.142. The zero-order valence-corrected chi connectivity index (χ0v) is 19.0. The maximum absolute atomic E-state index is 14.6. The van der Waals surface area contributed by atoms with Gasteiger partial charge in [-0.25, -0.2) is 14.2 Å². The van der Waals surface area contributed by atoms with Gasteiger partial charge in [0.2, 0.25) is 5.95 Å². The van der Waals surface area contributed by atoms with Crippen molar-refractivity contribution in [3.8, 4) is 0 Å². The van der Waals surface area contributed by atoms with Crippen molar-refractivity contribution in [2.75, 3.05) is 36.4 Å². The predicted molar refractivity (Wildman–Crippen MR) is 128 cm³/mol. The van der Waals surface area contributed by atoms with E-state index in [-0.39, 0.29) is 11.6 Å². The van der Waals surface area contributed by atoms with Gasteiger partial charge in [0.15, 0.2) is 5.82 Å². The van der Waals surface area contributed by atoms with Crippen LogP contribution in [0.3, 0.4) is 0 Å². The van der Waals surface area contributed by atoms with Crippen molar-refractivity contribution in [3.63, 3.8) is 0 Å². The molecule has 10 heteroatoms. The van der Waals surface area contributed by atoms with Gasteiger partial charge < -0.3 is 20.2 Å². The fourth-order valence-electron chi connectivity index (χ4n) is 4.90. The molecule has 0 atom stereocenters. The third kappa shape index (κ3) is 4.04. The molecular formula is C24H27FN6O3. The Morgan fingerprint density at radius 2 is 1.79 bits per heavy atom. The number of benzene rings is 1. The maximum Gasteiger partial charge on any atom is 0.407 e. The normalized spacial score (nSPS) is 16.9. The number of piperazine rings is 1. The third-order valence-corrected chi connectivity index (χ3v) is 6.87. The monoisotopic (exact) mass is 466 g/mol. The van der Waals surface area contributed by atoms with Gasteiger partial charge in [0.1, 0.15) is 5.65 Å². The van der Waals surface area contributed by atoms with Crippen LogP contribution in [0.2, 0.25) is 0 Å². The molecule has 1 amide bonds. The van der Waals surface area contributed by atoms with Crippen LogP contribution < -0.4 is 15.8 Å². The summed E-state index contributed by atoms with van der Waals surface area (Å²) in [7, 11) is 0. The molecule has 5 rings (SSSR count). The molecule has 0 unspecified atom stereocenters. The number of hydrogen-bond donors (Lipinski definition) is 2. The topological polar surface area (TPSA) is 104 Å². The van der Waals surface area contributed by atoms with Crippen molar-refractivity contribution < 1.29 is 14.3 Å². The number of carbonyl (C=O) groups is 1. The van der Waals surface area contributed by atoms with Crippen LogP contribution in [0.5, 0.6) is 0 Å². The summed E-state index contributed by atoms with van der Waals surface area (Å²) in [4.78, 5) is 36.4. The van der Waals surface area contributed by atoms with Gasteiger partial charge in [0.25, 0.3) is 5.56 Å². The summed E-state index contributed by atoms with van der Waals surface area (Å²) in [5.74, 6) is -0.393. The number of anilines is 3. The first kappa shape index (κ1) is 22.1. The molecule has 34 heavy (non-hydrogen) atoms. The number of hydrogen-bond acceptors (Lipinski definition) is 6. The highest BCUT2D eigenvalue weighted by Gasteiger charge is 2.25. The van der Waals surface area contributed by atoms with Crippen molar-refractivity contribution in [3.05, 3.63) is 52.2 Å². The number of pyridine rings is 1. The Bertz CT molecular complexity index is 1280. The average Bonchev–Trinajstić information content (AvgIpc) is 3.38. The summed E-state index contributed by atoms with van der Waals surface area (Å²) < 4.78 is 16.1. The lowest BCUT2D eigenvalue weighted by Crippen LogP contribution is -2.48. The van der Waals surface area contributed by atoms with E-state index < -0.39 is 17.5 Å². The van der Waals surface area contributed by atoms with E-state index in [0.29, 0.717) is 43.2 Å². The third-order valence-electron chi connectivity index (χ3n) is 6.87. The summed E-state index contributed by atoms with van der Waals surface area (Å²) in [6.45, 7) is 3.82. The molecule has 2 aliphatic rings. The Labute approximate surface area is 195 Å². The van der Waals surface area contributed by atoms with Gasteiger partial charge >= 0.3 is 6.09 Å². The average molecular weight is 467 g/mol. The molecule has 2 N–H and O–H groups in total. The van der Waals surface area contributed by atoms with E-state index in [4.69, 9.17) is 5.11 Å². The van der Waals surface area contributed by atoms with E-state index in [1.807, 2.05) is 24.3 Å². The Kier molecular flexibility index (Phi) is 5.80. The van der Waals surface area contributed by atoms with E-state index in [1.54, 1.807) is 13.1 Å². The van der Waals surface area contributed by atoms with Crippen LogP contribution in [0.4, 0.5) is 26.5 Å². The lowest BCUT2D eigenvalue weighted by atomic mass is 10.1. The number of carboxylic acid groups (broad SMARTS) is 1. The Morgan fingerprint density at radius 1 is 1.12 bits per heavy atom. The summed E-state index contributed by atoms with van der Waals surface area (Å²) in [6.07, 6.45) is 4.40. The first-order chi connectivity index (χ1) is 16.4. The molecule has 1 saturated carbocycles. The van der Waals surface area contributed by atoms with Gasteiger partial charge in [0, 0.05) is 60.7 Å². The number of nitrogens with one attached hydrogen (secondary N) is 1. The van der Waals surface area contributed by atoms with Crippen LogP contribution in [0.15, 0.2) is 35.3 Å². The number of halogens is 1. The molecule has 3 aromatic rings. The molecule has 9 nitrogen and oxygen atoms in total. The van der Waals surface area contributed by atoms with Crippen LogP contribution in [-0.2, 0) is 0 Å². The zero-order valence-electron chi connectivity index (χ0n) is 19.0. The zero-order chi connectivity index (χ0) is 23.8. The molecule has 3 heterocycles. The smallest absolute Gasteiger partial charge is 0.407 e. The van der Waals surface area contributed by atoms with Gasteiger partial charge in [-0.1, -0.05) is 12.8 Å². The van der Waals surface area contributed by atoms with Crippen LogP contribution in [0.1, 0.15) is 37.3 Å². The largest absolute Gasteiger partial charge is 0.465 e. The van der Waals surface area contributed by atoms with E-state index >= 15 is 0 Å². The van der Waals surface area contributed by atoms with Crippen molar-refractivity contribution in [2.24, 2.45) is 0 Å². The number of aromatic nitrogens is 3. The van der Waals surface area contributed by atoms with Crippen molar-refractivity contribution in [1.82, 2.24) is 19.4 Å². The molecule has 2 fully saturated rings. The standard InChI is InChI=1S/C24H27FN6O3/c1-15-19-14-26-23(28-21(19)31(22(32)20(15)25)18-4-2-3-5-18)27-16-6-8-17(9-7-16)29-10-12-30(13-11-29)24(33)34/h6-9,14,18H,2-5,10-13H2,1H3,(H,33,34)(H,26,27,28). The number of nitrogens with zero attached hydrogens (tertiary/aromatic N) is 5. The maximum atomic E-state index is 14.6. The summed E-state index contributed by atoms with van der Waals surface area (Å²) in [5, 5.41) is 12.8. The molecule has 0 radical (unpaired) electrons. The highest BCUT2D eigenvalue weighted by molar-refractivity contribution is 5.80. The fourth-order valence-corrected chi connectivity index (χ4v) is 4.90. The SMILES string of the molecule is Cc1c(F)c(=O)n(C2CCCC2)c2nc(Nc3ccc(N4CCN(C(=O)O)CC4)cc3)ncc12. The second kappa shape index (κ2) is 8.92. The molecule has 0 bridgehead atoms.